The molecule has 54 valence electrons. The fourth-order valence-corrected chi connectivity index (χ4v) is 0.957. The van der Waals surface area contributed by atoms with Crippen LogP contribution in [0.25, 0.3) is 0 Å². The third-order valence-corrected chi connectivity index (χ3v) is 1.59. The van der Waals surface area contributed by atoms with Crippen molar-refractivity contribution in [3.05, 3.63) is 29.3 Å². The summed E-state index contributed by atoms with van der Waals surface area (Å²) in [6.45, 7) is 3.95. The van der Waals surface area contributed by atoms with Gasteiger partial charge in [-0.2, -0.15) is 0 Å². The molecule has 0 spiro atoms. The maximum Gasteiger partial charge on any atom is 0.149 e. The maximum absolute atomic E-state index is 5.20. The summed E-state index contributed by atoms with van der Waals surface area (Å²) < 4.78 is 4.60. The van der Waals surface area contributed by atoms with Crippen LogP contribution in [0.1, 0.15) is 11.1 Å². The zero-order valence-corrected chi connectivity index (χ0v) is 6.77. The van der Waals surface area contributed by atoms with E-state index in [4.69, 9.17) is 11.9 Å². The number of aryl methyl sites for hydroxylation is 2. The van der Waals surface area contributed by atoms with E-state index in [0.717, 1.165) is 16.9 Å². The summed E-state index contributed by atoms with van der Waals surface area (Å²) in [6.07, 6.45) is 0. The second kappa shape index (κ2) is 2.93. The zero-order valence-electron chi connectivity index (χ0n) is 6.02. The number of benzene rings is 1. The standard InChI is InChI=1S/C8H9ClO/c1-6-3-4-7(2)8(5-6)10-9/h3-5H,1-2H3. The highest BCUT2D eigenvalue weighted by atomic mass is 35.5. The van der Waals surface area contributed by atoms with E-state index in [9.17, 15) is 0 Å². The minimum Gasteiger partial charge on any atom is -0.385 e. The molecule has 0 fully saturated rings. The Morgan fingerprint density at radius 3 is 2.50 bits per heavy atom. The Kier molecular flexibility index (Phi) is 2.17. The normalized spacial score (nSPS) is 9.50. The molecule has 0 bridgehead atoms. The van der Waals surface area contributed by atoms with Crippen LogP contribution in [0, 0.1) is 13.8 Å². The van der Waals surface area contributed by atoms with E-state index in [0.29, 0.717) is 0 Å². The SMILES string of the molecule is Cc1ccc(C)c(OCl)c1. The van der Waals surface area contributed by atoms with Crippen LogP contribution in [-0.2, 0) is 0 Å². The summed E-state index contributed by atoms with van der Waals surface area (Å²) in [5, 5.41) is 0. The van der Waals surface area contributed by atoms with Gasteiger partial charge < -0.3 is 4.29 Å². The van der Waals surface area contributed by atoms with E-state index in [1.807, 2.05) is 32.0 Å². The van der Waals surface area contributed by atoms with Crippen molar-refractivity contribution in [1.29, 1.82) is 0 Å². The minimum absolute atomic E-state index is 0.738. The van der Waals surface area contributed by atoms with Crippen molar-refractivity contribution in [2.24, 2.45) is 0 Å². The third kappa shape index (κ3) is 1.42. The predicted octanol–water partition coefficient (Wildman–Crippen LogP) is 2.84. The summed E-state index contributed by atoms with van der Waals surface area (Å²) in [5.74, 6) is 0.738. The van der Waals surface area contributed by atoms with Crippen LogP contribution in [-0.4, -0.2) is 0 Å². The number of halogens is 1. The largest absolute Gasteiger partial charge is 0.385 e. The molecule has 0 aromatic heterocycles. The molecule has 0 atom stereocenters. The molecule has 0 radical (unpaired) electrons. The molecule has 1 aromatic carbocycles. The second-order valence-corrected chi connectivity index (χ2v) is 2.50. The lowest BCUT2D eigenvalue weighted by molar-refractivity contribution is 0.612. The summed E-state index contributed by atoms with van der Waals surface area (Å²) in [6, 6.07) is 5.91. The summed E-state index contributed by atoms with van der Waals surface area (Å²) >= 11 is 5.20. The smallest absolute Gasteiger partial charge is 0.149 e. The van der Waals surface area contributed by atoms with Gasteiger partial charge in [0.1, 0.15) is 17.6 Å². The topological polar surface area (TPSA) is 9.23 Å². The molecule has 10 heavy (non-hydrogen) atoms. The zero-order chi connectivity index (χ0) is 7.56. The summed E-state index contributed by atoms with van der Waals surface area (Å²) in [7, 11) is 0. The van der Waals surface area contributed by atoms with Gasteiger partial charge in [-0.05, 0) is 31.0 Å². The molecule has 0 saturated carbocycles. The van der Waals surface area contributed by atoms with Crippen molar-refractivity contribution in [3.8, 4) is 5.75 Å². The number of hydrogen-bond acceptors (Lipinski definition) is 1. The average molecular weight is 157 g/mol. The Bertz CT molecular complexity index is 233. The first-order valence-electron chi connectivity index (χ1n) is 3.10. The van der Waals surface area contributed by atoms with Crippen LogP contribution >= 0.6 is 11.9 Å². The van der Waals surface area contributed by atoms with Crippen molar-refractivity contribution in [3.63, 3.8) is 0 Å². The molecule has 0 amide bonds. The monoisotopic (exact) mass is 156 g/mol. The summed E-state index contributed by atoms with van der Waals surface area (Å²) in [4.78, 5) is 0. The van der Waals surface area contributed by atoms with E-state index in [1.165, 1.54) is 0 Å². The van der Waals surface area contributed by atoms with Crippen LogP contribution in [0.2, 0.25) is 0 Å². The molecule has 0 aliphatic heterocycles. The first kappa shape index (κ1) is 7.42. The molecule has 1 aromatic rings. The molecule has 0 saturated heterocycles. The van der Waals surface area contributed by atoms with Gasteiger partial charge in [-0.1, -0.05) is 12.1 Å². The lowest BCUT2D eigenvalue weighted by atomic mass is 10.1. The van der Waals surface area contributed by atoms with Crippen LogP contribution in [0.15, 0.2) is 18.2 Å². The van der Waals surface area contributed by atoms with Gasteiger partial charge in [0.15, 0.2) is 0 Å². The average Bonchev–Trinajstić information content (AvgIpc) is 1.94. The Balaban J connectivity index is 3.09. The molecule has 0 aliphatic rings. The van der Waals surface area contributed by atoms with E-state index in [1.54, 1.807) is 0 Å². The van der Waals surface area contributed by atoms with Gasteiger partial charge in [-0.25, -0.2) is 0 Å². The Hall–Kier alpha value is -0.690. The molecular formula is C8H9ClO. The Morgan fingerprint density at radius 2 is 2.00 bits per heavy atom. The molecule has 2 heteroatoms. The lowest BCUT2D eigenvalue weighted by Gasteiger charge is -2.00. The van der Waals surface area contributed by atoms with Crippen molar-refractivity contribution in [2.45, 2.75) is 13.8 Å². The Morgan fingerprint density at radius 1 is 1.30 bits per heavy atom. The first-order valence-corrected chi connectivity index (χ1v) is 3.41. The fourth-order valence-electron chi connectivity index (χ4n) is 0.790. The molecule has 1 nitrogen and oxygen atoms in total. The van der Waals surface area contributed by atoms with Gasteiger partial charge in [-0.15, -0.1) is 0 Å². The molecule has 0 N–H and O–H groups in total. The first-order chi connectivity index (χ1) is 4.74. The Labute approximate surface area is 65.8 Å². The van der Waals surface area contributed by atoms with Crippen molar-refractivity contribution < 1.29 is 4.29 Å². The maximum atomic E-state index is 5.20. The minimum atomic E-state index is 0.738. The van der Waals surface area contributed by atoms with Crippen molar-refractivity contribution >= 4 is 11.9 Å². The third-order valence-electron chi connectivity index (χ3n) is 1.43. The quantitative estimate of drug-likeness (QED) is 0.608. The highest BCUT2D eigenvalue weighted by Gasteiger charge is 1.96. The molecular weight excluding hydrogens is 148 g/mol. The van der Waals surface area contributed by atoms with E-state index in [2.05, 4.69) is 4.29 Å². The van der Waals surface area contributed by atoms with Gasteiger partial charge in [0.25, 0.3) is 0 Å². The lowest BCUT2D eigenvalue weighted by Crippen LogP contribution is -1.81. The predicted molar refractivity (Wildman–Crippen MR) is 42.4 cm³/mol. The molecule has 0 heterocycles. The fraction of sp³-hybridized carbons (Fsp3) is 0.250. The van der Waals surface area contributed by atoms with Gasteiger partial charge in [0.2, 0.25) is 0 Å². The van der Waals surface area contributed by atoms with E-state index < -0.39 is 0 Å². The van der Waals surface area contributed by atoms with Crippen molar-refractivity contribution in [2.75, 3.05) is 0 Å². The number of rotatable bonds is 1. The second-order valence-electron chi connectivity index (χ2n) is 2.35. The van der Waals surface area contributed by atoms with Crippen LogP contribution in [0.5, 0.6) is 5.75 Å². The van der Waals surface area contributed by atoms with Gasteiger partial charge in [0.05, 0.1) is 0 Å². The number of hydrogen-bond donors (Lipinski definition) is 0. The van der Waals surface area contributed by atoms with Crippen LogP contribution < -0.4 is 4.29 Å². The summed E-state index contributed by atoms with van der Waals surface area (Å²) in [5.41, 5.74) is 2.21. The van der Waals surface area contributed by atoms with Crippen LogP contribution in [0.4, 0.5) is 0 Å². The molecule has 0 unspecified atom stereocenters. The van der Waals surface area contributed by atoms with Gasteiger partial charge in [0, 0.05) is 0 Å². The van der Waals surface area contributed by atoms with Gasteiger partial charge in [-0.3, -0.25) is 0 Å². The molecule has 0 aliphatic carbocycles. The van der Waals surface area contributed by atoms with Crippen molar-refractivity contribution in [1.82, 2.24) is 0 Å². The van der Waals surface area contributed by atoms with Crippen LogP contribution in [0.3, 0.4) is 0 Å². The molecule has 1 rings (SSSR count). The van der Waals surface area contributed by atoms with Gasteiger partial charge >= 0.3 is 0 Å². The highest BCUT2D eigenvalue weighted by molar-refractivity contribution is 6.09. The van der Waals surface area contributed by atoms with E-state index in [-0.39, 0.29) is 0 Å². The van der Waals surface area contributed by atoms with E-state index >= 15 is 0 Å². The highest BCUT2D eigenvalue weighted by Crippen LogP contribution is 2.19.